The van der Waals surface area contributed by atoms with Crippen LogP contribution in [0.5, 0.6) is 0 Å². The molecule has 2 aliphatic rings. The average molecular weight is 310 g/mol. The van der Waals surface area contributed by atoms with Crippen LogP contribution >= 0.6 is 11.6 Å². The molecule has 1 unspecified atom stereocenters. The molecule has 1 amide bonds. The minimum Gasteiger partial charge on any atom is -0.481 e. The maximum Gasteiger partial charge on any atom is 0.304 e. The molecule has 21 heavy (non-hydrogen) atoms. The number of benzene rings is 1. The van der Waals surface area contributed by atoms with Crippen LogP contribution in [0.25, 0.3) is 0 Å². The molecule has 6 heteroatoms. The third-order valence-electron chi connectivity index (χ3n) is 4.55. The van der Waals surface area contributed by atoms with E-state index >= 15 is 0 Å². The highest BCUT2D eigenvalue weighted by Gasteiger charge is 2.55. The van der Waals surface area contributed by atoms with Crippen molar-refractivity contribution in [1.82, 2.24) is 5.32 Å². The normalized spacial score (nSPS) is 25.9. The van der Waals surface area contributed by atoms with Gasteiger partial charge in [-0.2, -0.15) is 0 Å². The summed E-state index contributed by atoms with van der Waals surface area (Å²) in [6, 6.07) is 5.35. The van der Waals surface area contributed by atoms with E-state index in [4.69, 9.17) is 16.3 Å². The van der Waals surface area contributed by atoms with E-state index in [1.165, 1.54) is 0 Å². The van der Waals surface area contributed by atoms with Gasteiger partial charge in [0.05, 0.1) is 25.0 Å². The molecular formula is C15H16ClNO4. The minimum atomic E-state index is -1.08. The Bertz CT molecular complexity index is 626. The number of halogens is 1. The number of carboxylic acid groups (broad SMARTS) is 1. The predicted molar refractivity (Wildman–Crippen MR) is 76.3 cm³/mol. The highest BCUT2D eigenvalue weighted by molar-refractivity contribution is 6.30. The first-order valence-electron chi connectivity index (χ1n) is 6.86. The van der Waals surface area contributed by atoms with Crippen LogP contribution in [0, 0.1) is 0 Å². The Labute approximate surface area is 127 Å². The second-order valence-electron chi connectivity index (χ2n) is 5.73. The van der Waals surface area contributed by atoms with Crippen LogP contribution in [0.1, 0.15) is 30.9 Å². The summed E-state index contributed by atoms with van der Waals surface area (Å²) in [5.41, 5.74) is 0.0222. The molecule has 2 heterocycles. The topological polar surface area (TPSA) is 75.6 Å². The molecule has 0 aliphatic carbocycles. The van der Waals surface area contributed by atoms with Crippen molar-refractivity contribution in [3.05, 3.63) is 34.3 Å². The molecule has 112 valence electrons. The summed E-state index contributed by atoms with van der Waals surface area (Å²) in [4.78, 5) is 24.0. The molecule has 1 fully saturated rings. The highest BCUT2D eigenvalue weighted by atomic mass is 35.5. The molecule has 0 aromatic heterocycles. The number of nitrogens with one attached hydrogen (secondary N) is 1. The second-order valence-corrected chi connectivity index (χ2v) is 6.16. The molecule has 0 saturated carbocycles. The lowest BCUT2D eigenvalue weighted by molar-refractivity contribution is -0.149. The standard InChI is InChI=1S/C15H16ClNO4/c1-2-14(6-12(18)19)11-5-9(16)3-4-10(11)15(7-21-8-15)17-13(14)20/h3-5H,2,6-8H2,1H3,(H,17,20)(H,18,19). The number of aliphatic carboxylic acids is 1. The number of hydrogen-bond acceptors (Lipinski definition) is 3. The fraction of sp³-hybridized carbons (Fsp3) is 0.467. The Hall–Kier alpha value is -1.59. The van der Waals surface area contributed by atoms with Crippen LogP contribution in [-0.2, 0) is 25.3 Å². The van der Waals surface area contributed by atoms with E-state index in [-0.39, 0.29) is 12.3 Å². The van der Waals surface area contributed by atoms with Crippen LogP contribution in [0.3, 0.4) is 0 Å². The maximum absolute atomic E-state index is 12.7. The van der Waals surface area contributed by atoms with Gasteiger partial charge in [0.25, 0.3) is 0 Å². The van der Waals surface area contributed by atoms with Crippen LogP contribution in [0.15, 0.2) is 18.2 Å². The Kier molecular flexibility index (Phi) is 3.22. The number of ether oxygens (including phenoxy) is 1. The van der Waals surface area contributed by atoms with Gasteiger partial charge in [-0.15, -0.1) is 0 Å². The van der Waals surface area contributed by atoms with Gasteiger partial charge in [-0.1, -0.05) is 24.6 Å². The van der Waals surface area contributed by atoms with Crippen molar-refractivity contribution in [2.24, 2.45) is 0 Å². The van der Waals surface area contributed by atoms with Gasteiger partial charge in [-0.05, 0) is 29.7 Å². The first kappa shape index (κ1) is 14.4. The number of hydrogen-bond donors (Lipinski definition) is 2. The lowest BCUT2D eigenvalue weighted by atomic mass is 9.65. The summed E-state index contributed by atoms with van der Waals surface area (Å²) in [7, 11) is 0. The van der Waals surface area contributed by atoms with Gasteiger partial charge in [0, 0.05) is 5.02 Å². The zero-order valence-electron chi connectivity index (χ0n) is 11.6. The van der Waals surface area contributed by atoms with Crippen molar-refractivity contribution in [3.63, 3.8) is 0 Å². The van der Waals surface area contributed by atoms with Gasteiger partial charge in [0.15, 0.2) is 0 Å². The number of rotatable bonds is 3. The monoisotopic (exact) mass is 309 g/mol. The summed E-state index contributed by atoms with van der Waals surface area (Å²) in [6.07, 6.45) is 0.148. The van der Waals surface area contributed by atoms with E-state index in [2.05, 4.69) is 5.32 Å². The summed E-state index contributed by atoms with van der Waals surface area (Å²) >= 11 is 6.09. The van der Waals surface area contributed by atoms with Crippen molar-refractivity contribution in [2.75, 3.05) is 13.2 Å². The van der Waals surface area contributed by atoms with Gasteiger partial charge in [-0.25, -0.2) is 0 Å². The van der Waals surface area contributed by atoms with Gasteiger partial charge in [0.2, 0.25) is 5.91 Å². The largest absolute Gasteiger partial charge is 0.481 e. The summed E-state index contributed by atoms with van der Waals surface area (Å²) in [6.45, 7) is 2.63. The molecule has 0 radical (unpaired) electrons. The number of amides is 1. The molecule has 1 atom stereocenters. The smallest absolute Gasteiger partial charge is 0.304 e. The van der Waals surface area contributed by atoms with Gasteiger partial charge in [-0.3, -0.25) is 9.59 Å². The van der Waals surface area contributed by atoms with Gasteiger partial charge < -0.3 is 15.2 Å². The summed E-state index contributed by atoms with van der Waals surface area (Å²) < 4.78 is 5.27. The number of carboxylic acids is 1. The van der Waals surface area contributed by atoms with E-state index in [0.29, 0.717) is 30.2 Å². The number of fused-ring (bicyclic) bond motifs is 2. The molecule has 5 nitrogen and oxygen atoms in total. The molecule has 0 bridgehead atoms. The zero-order valence-corrected chi connectivity index (χ0v) is 12.4. The molecule has 1 aromatic rings. The Morgan fingerprint density at radius 1 is 1.43 bits per heavy atom. The summed E-state index contributed by atoms with van der Waals surface area (Å²) in [5, 5.41) is 12.7. The van der Waals surface area contributed by atoms with E-state index in [1.807, 2.05) is 13.0 Å². The van der Waals surface area contributed by atoms with E-state index in [0.717, 1.165) is 5.56 Å². The van der Waals surface area contributed by atoms with Crippen molar-refractivity contribution < 1.29 is 19.4 Å². The lowest BCUT2D eigenvalue weighted by Gasteiger charge is -2.51. The van der Waals surface area contributed by atoms with E-state index in [1.54, 1.807) is 12.1 Å². The van der Waals surface area contributed by atoms with Gasteiger partial charge >= 0.3 is 5.97 Å². The van der Waals surface area contributed by atoms with Crippen LogP contribution in [0.4, 0.5) is 0 Å². The first-order valence-corrected chi connectivity index (χ1v) is 7.24. The molecular weight excluding hydrogens is 294 g/mol. The highest BCUT2D eigenvalue weighted by Crippen LogP contribution is 2.46. The lowest BCUT2D eigenvalue weighted by Crippen LogP contribution is -2.67. The van der Waals surface area contributed by atoms with Crippen molar-refractivity contribution >= 4 is 23.5 Å². The van der Waals surface area contributed by atoms with Gasteiger partial charge in [0.1, 0.15) is 5.54 Å². The third-order valence-corrected chi connectivity index (χ3v) is 4.79. The van der Waals surface area contributed by atoms with Crippen molar-refractivity contribution in [2.45, 2.75) is 30.7 Å². The molecule has 1 aromatic carbocycles. The molecule has 2 N–H and O–H groups in total. The molecule has 3 rings (SSSR count). The zero-order chi connectivity index (χ0) is 15.3. The molecule has 1 spiro atoms. The second kappa shape index (κ2) is 4.71. The van der Waals surface area contributed by atoms with Crippen LogP contribution in [-0.4, -0.2) is 30.2 Å². The van der Waals surface area contributed by atoms with E-state index < -0.39 is 16.9 Å². The Balaban J connectivity index is 2.22. The fourth-order valence-corrected chi connectivity index (χ4v) is 3.47. The Morgan fingerprint density at radius 2 is 2.14 bits per heavy atom. The molecule has 1 saturated heterocycles. The SMILES string of the molecule is CCC1(CC(=O)O)C(=O)NC2(COC2)c2ccc(Cl)cc21. The fourth-order valence-electron chi connectivity index (χ4n) is 3.30. The number of carbonyl (C=O) groups excluding carboxylic acids is 1. The van der Waals surface area contributed by atoms with Crippen molar-refractivity contribution in [1.29, 1.82) is 0 Å². The molecule has 2 aliphatic heterocycles. The summed E-state index contributed by atoms with van der Waals surface area (Å²) in [5.74, 6) is -1.26. The van der Waals surface area contributed by atoms with Crippen LogP contribution in [0.2, 0.25) is 5.02 Å². The van der Waals surface area contributed by atoms with Crippen LogP contribution < -0.4 is 5.32 Å². The van der Waals surface area contributed by atoms with E-state index in [9.17, 15) is 14.7 Å². The minimum absolute atomic E-state index is 0.250. The maximum atomic E-state index is 12.7. The quantitative estimate of drug-likeness (QED) is 0.893. The third kappa shape index (κ3) is 1.95. The average Bonchev–Trinajstić information content (AvgIpc) is 2.39. The number of carbonyl (C=O) groups is 2. The van der Waals surface area contributed by atoms with Crippen molar-refractivity contribution in [3.8, 4) is 0 Å². The Morgan fingerprint density at radius 3 is 2.67 bits per heavy atom. The first-order chi connectivity index (χ1) is 9.93. The predicted octanol–water partition coefficient (Wildman–Crippen LogP) is 1.82.